The Balaban J connectivity index is 1.48. The zero-order valence-corrected chi connectivity index (χ0v) is 25.3. The number of amides is 1. The monoisotopic (exact) mass is 572 g/mol. The largest absolute Gasteiger partial charge is 0.416 e. The maximum absolute atomic E-state index is 13.2. The van der Waals surface area contributed by atoms with Crippen molar-refractivity contribution in [3.8, 4) is 0 Å². The Kier molecular flexibility index (Phi) is 14.2. The topological polar surface area (TPSA) is 32.3 Å². The number of unbranched alkanes of at least 4 members (excludes halogenated alkanes) is 9. The third-order valence-electron chi connectivity index (χ3n) is 8.61. The van der Waals surface area contributed by atoms with Crippen molar-refractivity contribution in [2.45, 2.75) is 129 Å². The Hall–Kier alpha value is -2.34. The molecule has 41 heavy (non-hydrogen) atoms. The molecule has 3 rings (SSSR count). The number of carbonyl (C=O) groups is 1. The van der Waals surface area contributed by atoms with E-state index in [0.29, 0.717) is 18.9 Å². The number of benzene rings is 2. The van der Waals surface area contributed by atoms with Gasteiger partial charge in [0.15, 0.2) is 0 Å². The minimum atomic E-state index is -4.32. The second-order valence-corrected chi connectivity index (χ2v) is 11.8. The fourth-order valence-corrected chi connectivity index (χ4v) is 6.25. The van der Waals surface area contributed by atoms with Gasteiger partial charge in [-0.15, -0.1) is 0 Å². The zero-order valence-electron chi connectivity index (χ0n) is 25.3. The molecule has 0 heterocycles. The van der Waals surface area contributed by atoms with Crippen molar-refractivity contribution >= 4 is 11.6 Å². The zero-order chi connectivity index (χ0) is 29.5. The quantitative estimate of drug-likeness (QED) is 0.180. The summed E-state index contributed by atoms with van der Waals surface area (Å²) in [5.41, 5.74) is 2.31. The van der Waals surface area contributed by atoms with E-state index in [1.807, 2.05) is 12.1 Å². The van der Waals surface area contributed by atoms with Gasteiger partial charge in [-0.2, -0.15) is 13.2 Å². The van der Waals surface area contributed by atoms with Gasteiger partial charge in [-0.3, -0.25) is 9.69 Å². The lowest BCUT2D eigenvalue weighted by Gasteiger charge is -2.36. The highest BCUT2D eigenvalue weighted by molar-refractivity contribution is 5.90. The van der Waals surface area contributed by atoms with Crippen LogP contribution < -0.4 is 5.32 Å². The molecule has 1 amide bonds. The molecule has 2 aromatic carbocycles. The van der Waals surface area contributed by atoms with Gasteiger partial charge >= 0.3 is 6.18 Å². The number of hydrogen-bond donors (Lipinski definition) is 1. The van der Waals surface area contributed by atoms with E-state index < -0.39 is 11.7 Å². The van der Waals surface area contributed by atoms with E-state index in [1.165, 1.54) is 76.3 Å². The first-order valence-corrected chi connectivity index (χ1v) is 16.1. The number of nitrogens with one attached hydrogen (secondary N) is 1. The second kappa shape index (κ2) is 17.6. The molecule has 1 aliphatic carbocycles. The first-order chi connectivity index (χ1) is 19.8. The van der Waals surface area contributed by atoms with Crippen LogP contribution in [0.4, 0.5) is 18.9 Å². The van der Waals surface area contributed by atoms with Gasteiger partial charge in [-0.1, -0.05) is 109 Å². The van der Waals surface area contributed by atoms with Gasteiger partial charge < -0.3 is 5.32 Å². The van der Waals surface area contributed by atoms with Crippen LogP contribution in [0.2, 0.25) is 0 Å². The fraction of sp³-hybridized carbons (Fsp3) is 0.629. The predicted molar refractivity (Wildman–Crippen MR) is 164 cm³/mol. The van der Waals surface area contributed by atoms with Gasteiger partial charge in [0.2, 0.25) is 5.91 Å². The van der Waals surface area contributed by atoms with Crippen molar-refractivity contribution in [3.05, 3.63) is 65.2 Å². The Bertz CT molecular complexity index is 998. The van der Waals surface area contributed by atoms with Crippen LogP contribution in [0.3, 0.4) is 0 Å². The van der Waals surface area contributed by atoms with E-state index in [0.717, 1.165) is 49.0 Å². The van der Waals surface area contributed by atoms with Crippen LogP contribution in [0.25, 0.3) is 0 Å². The van der Waals surface area contributed by atoms with E-state index in [4.69, 9.17) is 0 Å². The van der Waals surface area contributed by atoms with Gasteiger partial charge in [0.25, 0.3) is 0 Å². The molecule has 0 aliphatic heterocycles. The Morgan fingerprint density at radius 3 is 1.93 bits per heavy atom. The van der Waals surface area contributed by atoms with E-state index >= 15 is 0 Å². The fourth-order valence-electron chi connectivity index (χ4n) is 6.25. The number of carbonyl (C=O) groups excluding carboxylic acids is 1. The first kappa shape index (κ1) is 33.2. The van der Waals surface area contributed by atoms with E-state index in [-0.39, 0.29) is 11.9 Å². The molecule has 2 aromatic rings. The lowest BCUT2D eigenvalue weighted by Crippen LogP contribution is -2.32. The molecular weight excluding hydrogens is 521 g/mol. The highest BCUT2D eigenvalue weighted by atomic mass is 19.4. The summed E-state index contributed by atoms with van der Waals surface area (Å²) in [5.74, 6) is 0.507. The lowest BCUT2D eigenvalue weighted by atomic mass is 9.89. The molecule has 6 heteroatoms. The molecule has 1 N–H and O–H groups in total. The molecule has 0 aromatic heterocycles. The third kappa shape index (κ3) is 11.5. The summed E-state index contributed by atoms with van der Waals surface area (Å²) in [6.07, 6.45) is 13.3. The van der Waals surface area contributed by atoms with Crippen molar-refractivity contribution < 1.29 is 18.0 Å². The van der Waals surface area contributed by atoms with Crippen molar-refractivity contribution in [1.29, 1.82) is 0 Å². The van der Waals surface area contributed by atoms with Crippen molar-refractivity contribution in [2.24, 2.45) is 5.92 Å². The summed E-state index contributed by atoms with van der Waals surface area (Å²) >= 11 is 0. The summed E-state index contributed by atoms with van der Waals surface area (Å²) in [5, 5.41) is 3.03. The molecule has 228 valence electrons. The average Bonchev–Trinajstić information content (AvgIpc) is 3.49. The normalized spacial score (nSPS) is 15.0. The molecule has 1 atom stereocenters. The highest BCUT2D eigenvalue weighted by Crippen LogP contribution is 2.41. The van der Waals surface area contributed by atoms with E-state index in [2.05, 4.69) is 36.2 Å². The summed E-state index contributed by atoms with van der Waals surface area (Å²) < 4.78 is 39.5. The molecule has 0 bridgehead atoms. The van der Waals surface area contributed by atoms with Crippen LogP contribution in [-0.2, 0) is 17.5 Å². The van der Waals surface area contributed by atoms with Crippen LogP contribution in [0.5, 0.6) is 0 Å². The average molecular weight is 573 g/mol. The molecule has 0 spiro atoms. The minimum Gasteiger partial charge on any atom is -0.326 e. The number of rotatable bonds is 18. The van der Waals surface area contributed by atoms with Crippen LogP contribution >= 0.6 is 0 Å². The van der Waals surface area contributed by atoms with Crippen molar-refractivity contribution in [1.82, 2.24) is 4.90 Å². The maximum atomic E-state index is 13.2. The number of hydrogen-bond acceptors (Lipinski definition) is 2. The van der Waals surface area contributed by atoms with Crippen molar-refractivity contribution in [2.75, 3.05) is 11.9 Å². The van der Waals surface area contributed by atoms with Gasteiger partial charge in [0.1, 0.15) is 0 Å². The number of anilines is 1. The summed E-state index contributed by atoms with van der Waals surface area (Å²) in [6.45, 7) is 5.88. The Morgan fingerprint density at radius 1 is 0.829 bits per heavy atom. The van der Waals surface area contributed by atoms with Gasteiger partial charge in [0.05, 0.1) is 5.56 Å². The molecule has 0 saturated heterocycles. The molecule has 1 unspecified atom stereocenters. The molecular formula is C35H51F3N2O. The highest BCUT2D eigenvalue weighted by Gasteiger charge is 2.33. The molecule has 1 saturated carbocycles. The van der Waals surface area contributed by atoms with Gasteiger partial charge in [0, 0.05) is 24.7 Å². The van der Waals surface area contributed by atoms with Crippen LogP contribution in [0.15, 0.2) is 48.5 Å². The van der Waals surface area contributed by atoms with Crippen LogP contribution in [0.1, 0.15) is 133 Å². The van der Waals surface area contributed by atoms with Gasteiger partial charge in [-0.05, 0) is 67.1 Å². The maximum Gasteiger partial charge on any atom is 0.416 e. The summed E-state index contributed by atoms with van der Waals surface area (Å²) in [7, 11) is 0. The van der Waals surface area contributed by atoms with Crippen molar-refractivity contribution in [3.63, 3.8) is 0 Å². The van der Waals surface area contributed by atoms with E-state index in [1.54, 1.807) is 12.1 Å². The Morgan fingerprint density at radius 2 is 1.39 bits per heavy atom. The molecule has 3 nitrogen and oxygen atoms in total. The summed E-state index contributed by atoms with van der Waals surface area (Å²) in [4.78, 5) is 14.8. The lowest BCUT2D eigenvalue weighted by molar-refractivity contribution is -0.137. The van der Waals surface area contributed by atoms with Crippen LogP contribution in [-0.4, -0.2) is 17.4 Å². The smallest absolute Gasteiger partial charge is 0.326 e. The molecule has 1 fully saturated rings. The SMILES string of the molecule is CCCCCCCCCCCCC(=O)Nc1ccc(CN(CC)C(c2ccc(C(F)(F)F)cc2)C2CCCC2)cc1. The third-order valence-corrected chi connectivity index (χ3v) is 8.61. The standard InChI is InChI=1S/C35H51F3N2O/c1-3-5-6-7-8-9-10-11-12-13-18-33(41)39-32-25-19-28(20-26-32)27-40(4-2)34(29-16-14-15-17-29)30-21-23-31(24-22-30)35(36,37)38/h19-26,29,34H,3-18,27H2,1-2H3,(H,39,41). The number of alkyl halides is 3. The number of halogens is 3. The predicted octanol–water partition coefficient (Wildman–Crippen LogP) is 10.7. The Labute approximate surface area is 246 Å². The van der Waals surface area contributed by atoms with Crippen LogP contribution in [0, 0.1) is 5.92 Å². The molecule has 1 aliphatic rings. The minimum absolute atomic E-state index is 0.0658. The number of nitrogens with zero attached hydrogens (tertiary/aromatic N) is 1. The van der Waals surface area contributed by atoms with E-state index in [9.17, 15) is 18.0 Å². The summed E-state index contributed by atoms with van der Waals surface area (Å²) in [6, 6.07) is 13.9. The molecule has 0 radical (unpaired) electrons. The second-order valence-electron chi connectivity index (χ2n) is 11.8. The first-order valence-electron chi connectivity index (χ1n) is 16.1. The van der Waals surface area contributed by atoms with Gasteiger partial charge in [-0.25, -0.2) is 0 Å².